The Bertz CT molecular complexity index is 1310. The van der Waals surface area contributed by atoms with Gasteiger partial charge < -0.3 is 29.5 Å². The predicted octanol–water partition coefficient (Wildman–Crippen LogP) is 13.4. The molecule has 0 spiro atoms. The number of hydrogen-bond acceptors (Lipinski definition) is 7. The van der Waals surface area contributed by atoms with Gasteiger partial charge in [-0.2, -0.15) is 0 Å². The molecule has 1 aliphatic heterocycles. The minimum Gasteiger partial charge on any atom is -0.457 e. The minimum absolute atomic E-state index is 0.140. The predicted molar refractivity (Wildman–Crippen MR) is 254 cm³/mol. The molecule has 0 bridgehead atoms. The van der Waals surface area contributed by atoms with E-state index < -0.39 is 43.3 Å². The van der Waals surface area contributed by atoms with E-state index in [9.17, 15) is 20.1 Å². The van der Waals surface area contributed by atoms with Crippen molar-refractivity contribution >= 4 is 5.97 Å². The molecule has 4 fully saturated rings. The summed E-state index contributed by atoms with van der Waals surface area (Å²) in [5, 5.41) is 32.7. The number of fused-ring (bicyclic) bond motifs is 5. The van der Waals surface area contributed by atoms with Crippen LogP contribution >= 0.6 is 0 Å². The Labute approximate surface area is 381 Å². The summed E-state index contributed by atoms with van der Waals surface area (Å²) in [5.41, 5.74) is 2.13. The first-order valence-electron chi connectivity index (χ1n) is 27.0. The number of allylic oxidation sites excluding steroid dienone is 1. The quantitative estimate of drug-likeness (QED) is 0.0408. The van der Waals surface area contributed by atoms with Crippen LogP contribution in [-0.4, -0.2) is 64.7 Å². The number of unbranched alkanes of at least 4 members (excludes halogenated alkanes) is 16. The molecule has 360 valence electrons. The van der Waals surface area contributed by atoms with E-state index in [4.69, 9.17) is 14.2 Å². The van der Waals surface area contributed by atoms with Crippen LogP contribution in [0.4, 0.5) is 0 Å². The second-order valence-electron chi connectivity index (χ2n) is 22.5. The number of aliphatic hydroxyl groups excluding tert-OH is 3. The molecular weight excluding hydrogens is 773 g/mol. The monoisotopic (exact) mass is 871 g/mol. The molecular formula is C55H98O7. The maximum absolute atomic E-state index is 12.9. The summed E-state index contributed by atoms with van der Waals surface area (Å²) >= 11 is 0. The second kappa shape index (κ2) is 25.8. The first kappa shape index (κ1) is 52.0. The molecule has 0 aromatic heterocycles. The van der Waals surface area contributed by atoms with Crippen LogP contribution in [-0.2, 0) is 19.0 Å². The molecule has 62 heavy (non-hydrogen) atoms. The van der Waals surface area contributed by atoms with E-state index in [0.717, 1.165) is 80.5 Å². The Morgan fingerprint density at radius 2 is 1.39 bits per heavy atom. The van der Waals surface area contributed by atoms with Crippen molar-refractivity contribution in [2.75, 3.05) is 6.61 Å². The lowest BCUT2D eigenvalue weighted by molar-refractivity contribution is -0.314. The zero-order valence-electron chi connectivity index (χ0n) is 41.3. The van der Waals surface area contributed by atoms with Gasteiger partial charge in [0, 0.05) is 6.42 Å². The molecule has 1 heterocycles. The van der Waals surface area contributed by atoms with E-state index in [1.54, 1.807) is 0 Å². The number of carbonyl (C=O) groups excluding carboxylic acids is 1. The summed E-state index contributed by atoms with van der Waals surface area (Å²) in [5.74, 6) is 5.13. The zero-order valence-corrected chi connectivity index (χ0v) is 41.3. The average Bonchev–Trinajstić information content (AvgIpc) is 3.62. The normalized spacial score (nSPS) is 35.5. The highest BCUT2D eigenvalue weighted by molar-refractivity contribution is 5.69. The summed E-state index contributed by atoms with van der Waals surface area (Å²) in [4.78, 5) is 12.9. The molecule has 1 saturated heterocycles. The average molecular weight is 871 g/mol. The first-order valence-corrected chi connectivity index (χ1v) is 27.0. The Kier molecular flexibility index (Phi) is 21.6. The molecule has 0 unspecified atom stereocenters. The summed E-state index contributed by atoms with van der Waals surface area (Å²) in [6.45, 7) is 16.8. The van der Waals surface area contributed by atoms with Gasteiger partial charge >= 0.3 is 5.97 Å². The summed E-state index contributed by atoms with van der Waals surface area (Å²) in [6.07, 6.45) is 31.9. The van der Waals surface area contributed by atoms with Crippen molar-refractivity contribution in [2.45, 2.75) is 271 Å². The molecule has 0 aromatic carbocycles. The molecule has 5 aliphatic rings. The largest absolute Gasteiger partial charge is 0.457 e. The fourth-order valence-electron chi connectivity index (χ4n) is 14.1. The van der Waals surface area contributed by atoms with E-state index in [2.05, 4.69) is 54.5 Å². The van der Waals surface area contributed by atoms with Crippen molar-refractivity contribution in [1.29, 1.82) is 0 Å². The van der Waals surface area contributed by atoms with Crippen LogP contribution in [0.25, 0.3) is 0 Å². The van der Waals surface area contributed by atoms with Crippen LogP contribution in [0.1, 0.15) is 235 Å². The smallest absolute Gasteiger partial charge is 0.306 e. The number of esters is 1. The molecule has 0 radical (unpaired) electrons. The van der Waals surface area contributed by atoms with Gasteiger partial charge in [-0.25, -0.2) is 0 Å². The highest BCUT2D eigenvalue weighted by atomic mass is 16.7. The van der Waals surface area contributed by atoms with E-state index in [1.165, 1.54) is 140 Å². The van der Waals surface area contributed by atoms with E-state index >= 15 is 0 Å². The molecule has 3 saturated carbocycles. The molecule has 3 N–H and O–H groups in total. The minimum atomic E-state index is -1.40. The Morgan fingerprint density at radius 3 is 1.97 bits per heavy atom. The van der Waals surface area contributed by atoms with Crippen molar-refractivity contribution < 1.29 is 34.3 Å². The van der Waals surface area contributed by atoms with Crippen LogP contribution in [0, 0.1) is 52.3 Å². The third-order valence-electron chi connectivity index (χ3n) is 18.2. The fourth-order valence-corrected chi connectivity index (χ4v) is 14.1. The first-order chi connectivity index (χ1) is 29.9. The van der Waals surface area contributed by atoms with Gasteiger partial charge in [0.05, 0.1) is 12.7 Å². The van der Waals surface area contributed by atoms with Crippen LogP contribution in [0.15, 0.2) is 11.6 Å². The van der Waals surface area contributed by atoms with Gasteiger partial charge in [0.1, 0.15) is 18.3 Å². The van der Waals surface area contributed by atoms with Gasteiger partial charge in [-0.05, 0) is 116 Å². The number of aliphatic hydroxyl groups is 3. The SMILES string of the molecule is CCCCCCCCCCCCCCCCCCCC(=O)O[C@H]1[C@H](O)[C@@H](O)[C@H](O[C@H]2CC[C@@]3(C)C(=CC[C@H]4[C@@H]5CC[C@H]([C@H](C)CC[C@@H](CC)C(C)C)[C@@]5(C)CC[C@@H]43)C2)O[C@@H]1CO. The van der Waals surface area contributed by atoms with Crippen LogP contribution in [0.3, 0.4) is 0 Å². The summed E-state index contributed by atoms with van der Waals surface area (Å²) in [7, 11) is 0. The van der Waals surface area contributed by atoms with E-state index in [-0.39, 0.29) is 17.9 Å². The molecule has 7 nitrogen and oxygen atoms in total. The Hall–Kier alpha value is -0.990. The Morgan fingerprint density at radius 1 is 0.774 bits per heavy atom. The molecule has 14 atom stereocenters. The summed E-state index contributed by atoms with van der Waals surface area (Å²) < 4.78 is 18.2. The summed E-state index contributed by atoms with van der Waals surface area (Å²) in [6, 6.07) is 0. The van der Waals surface area contributed by atoms with Crippen LogP contribution in [0.5, 0.6) is 0 Å². The van der Waals surface area contributed by atoms with Crippen molar-refractivity contribution in [3.63, 3.8) is 0 Å². The lowest BCUT2D eigenvalue weighted by atomic mass is 9.47. The highest BCUT2D eigenvalue weighted by Gasteiger charge is 2.59. The molecule has 5 rings (SSSR count). The molecule has 0 amide bonds. The van der Waals surface area contributed by atoms with Gasteiger partial charge in [0.15, 0.2) is 12.4 Å². The van der Waals surface area contributed by atoms with Crippen molar-refractivity contribution in [3.05, 3.63) is 11.6 Å². The molecule has 0 aromatic rings. The van der Waals surface area contributed by atoms with E-state index in [0.29, 0.717) is 11.3 Å². The van der Waals surface area contributed by atoms with E-state index in [1.807, 2.05) is 0 Å². The van der Waals surface area contributed by atoms with Gasteiger partial charge in [-0.3, -0.25) is 4.79 Å². The molecule has 4 aliphatic carbocycles. The van der Waals surface area contributed by atoms with Gasteiger partial charge in [0.2, 0.25) is 0 Å². The van der Waals surface area contributed by atoms with Gasteiger partial charge in [-0.1, -0.05) is 176 Å². The van der Waals surface area contributed by atoms with Crippen LogP contribution in [0.2, 0.25) is 0 Å². The standard InChI is InChI=1S/C55H98O7/c1-8-10-11-12-13-14-15-16-17-18-19-20-21-22-23-24-25-26-49(57)62-52-48(38-56)61-53(51(59)50(52)58)60-43-33-35-54(6)42(37-43)29-30-44-46-32-31-45(55(46,7)36-34-47(44)54)40(5)27-28-41(9-2)39(3)4/h29,39-41,43-48,50-53,56,58-59H,8-28,30-38H2,1-7H3/t40-,41-,43+,44+,45-,46+,47+,48-,50-,51-,52-,53-,54+,55-/m1/s1. The lowest BCUT2D eigenvalue weighted by Gasteiger charge is -2.58. The molecule has 7 heteroatoms. The number of rotatable bonds is 28. The second-order valence-corrected chi connectivity index (χ2v) is 22.5. The number of hydrogen-bond donors (Lipinski definition) is 3. The highest BCUT2D eigenvalue weighted by Crippen LogP contribution is 2.67. The van der Waals surface area contributed by atoms with Crippen molar-refractivity contribution in [3.8, 4) is 0 Å². The third kappa shape index (κ3) is 13.6. The van der Waals surface area contributed by atoms with Gasteiger partial charge in [-0.15, -0.1) is 0 Å². The maximum Gasteiger partial charge on any atom is 0.306 e. The van der Waals surface area contributed by atoms with Crippen LogP contribution < -0.4 is 0 Å². The number of carbonyl (C=O) groups is 1. The third-order valence-corrected chi connectivity index (χ3v) is 18.2. The number of ether oxygens (including phenoxy) is 3. The van der Waals surface area contributed by atoms with Crippen molar-refractivity contribution in [2.24, 2.45) is 52.3 Å². The lowest BCUT2D eigenvalue weighted by Crippen LogP contribution is -2.61. The van der Waals surface area contributed by atoms with Crippen molar-refractivity contribution in [1.82, 2.24) is 0 Å². The van der Waals surface area contributed by atoms with Gasteiger partial charge in [0.25, 0.3) is 0 Å². The topological polar surface area (TPSA) is 105 Å². The fraction of sp³-hybridized carbons (Fsp3) is 0.945. The Balaban J connectivity index is 0.993. The maximum atomic E-state index is 12.9. The zero-order chi connectivity index (χ0) is 44.7.